The van der Waals surface area contributed by atoms with Crippen LogP contribution in [0.25, 0.3) is 10.9 Å². The maximum Gasteiger partial charge on any atom is 0.263 e. The van der Waals surface area contributed by atoms with Crippen molar-refractivity contribution in [2.45, 2.75) is 24.7 Å². The molecule has 2 atom stereocenters. The average molecular weight is 432 g/mol. The van der Waals surface area contributed by atoms with Crippen LogP contribution in [0.3, 0.4) is 0 Å². The Bertz CT molecular complexity index is 1260. The predicted molar refractivity (Wildman–Crippen MR) is 110 cm³/mol. The van der Waals surface area contributed by atoms with Crippen LogP contribution in [0, 0.1) is 12.8 Å². The van der Waals surface area contributed by atoms with Gasteiger partial charge in [0.2, 0.25) is 0 Å². The van der Waals surface area contributed by atoms with Gasteiger partial charge in [0, 0.05) is 37.6 Å². The molecule has 5 nitrogen and oxygen atoms in total. The zero-order valence-corrected chi connectivity index (χ0v) is 17.3. The van der Waals surface area contributed by atoms with Gasteiger partial charge in [0.15, 0.2) is 0 Å². The molecule has 2 aromatic heterocycles. The number of benzene rings is 1. The van der Waals surface area contributed by atoms with Gasteiger partial charge < -0.3 is 14.5 Å². The van der Waals surface area contributed by atoms with E-state index in [9.17, 15) is 18.4 Å². The van der Waals surface area contributed by atoms with Crippen LogP contribution in [-0.2, 0) is 12.5 Å². The van der Waals surface area contributed by atoms with Gasteiger partial charge in [0.1, 0.15) is 0 Å². The number of likely N-dealkylation sites (tertiary alicyclic amines) is 1. The first-order chi connectivity index (χ1) is 14.2. The van der Waals surface area contributed by atoms with E-state index in [4.69, 9.17) is 11.6 Å². The molecule has 8 heteroatoms. The number of hydrogen-bond acceptors (Lipinski definition) is 2. The topological polar surface area (TPSA) is 58.1 Å². The summed E-state index contributed by atoms with van der Waals surface area (Å²) in [5.74, 6) is -4.26. The molecule has 1 amide bonds. The SMILES string of the molecule is Cc1cn(C)c(=O)c2c(C(=O)N3CCC4(c5cccc(Cl)c5)C(C3)C4(F)F)c[nH]c12. The predicted octanol–water partition coefficient (Wildman–Crippen LogP) is 3.88. The van der Waals surface area contributed by atoms with Crippen molar-refractivity contribution < 1.29 is 13.6 Å². The molecule has 1 aromatic carbocycles. The van der Waals surface area contributed by atoms with Crippen LogP contribution in [0.1, 0.15) is 27.9 Å². The van der Waals surface area contributed by atoms with Crippen molar-refractivity contribution in [1.82, 2.24) is 14.5 Å². The van der Waals surface area contributed by atoms with Crippen molar-refractivity contribution >= 4 is 28.4 Å². The molecule has 2 aliphatic rings. The quantitative estimate of drug-likeness (QED) is 0.669. The first-order valence-electron chi connectivity index (χ1n) is 9.79. The number of nitrogens with one attached hydrogen (secondary N) is 1. The lowest BCUT2D eigenvalue weighted by molar-refractivity contribution is 0.0691. The summed E-state index contributed by atoms with van der Waals surface area (Å²) >= 11 is 6.04. The van der Waals surface area contributed by atoms with E-state index in [1.165, 1.54) is 15.7 Å². The summed E-state index contributed by atoms with van der Waals surface area (Å²) in [5.41, 5.74) is 0.619. The van der Waals surface area contributed by atoms with Gasteiger partial charge in [-0.25, -0.2) is 8.78 Å². The summed E-state index contributed by atoms with van der Waals surface area (Å²) in [6.45, 7) is 1.98. The number of amides is 1. The number of aromatic amines is 1. The number of rotatable bonds is 2. The molecule has 3 aromatic rings. The molecule has 5 rings (SSSR count). The van der Waals surface area contributed by atoms with E-state index in [1.807, 2.05) is 6.92 Å². The minimum Gasteiger partial charge on any atom is -0.360 e. The highest BCUT2D eigenvalue weighted by Gasteiger charge is 2.81. The molecule has 3 heterocycles. The van der Waals surface area contributed by atoms with E-state index in [0.29, 0.717) is 21.5 Å². The van der Waals surface area contributed by atoms with Gasteiger partial charge >= 0.3 is 0 Å². The van der Waals surface area contributed by atoms with Crippen LogP contribution in [0.2, 0.25) is 5.02 Å². The molecule has 0 radical (unpaired) electrons. The van der Waals surface area contributed by atoms with Crippen LogP contribution in [-0.4, -0.2) is 39.4 Å². The minimum absolute atomic E-state index is 0.0584. The number of carbonyl (C=O) groups excluding carboxylic acids is 1. The maximum atomic E-state index is 14.9. The summed E-state index contributed by atoms with van der Waals surface area (Å²) in [4.78, 5) is 30.3. The van der Waals surface area contributed by atoms with Crippen molar-refractivity contribution in [2.24, 2.45) is 13.0 Å². The summed E-state index contributed by atoms with van der Waals surface area (Å²) in [5, 5.41) is 0.726. The molecule has 1 aliphatic heterocycles. The summed E-state index contributed by atoms with van der Waals surface area (Å²) in [6, 6.07) is 6.62. The van der Waals surface area contributed by atoms with Gasteiger partial charge in [-0.05, 0) is 36.6 Å². The van der Waals surface area contributed by atoms with Crippen LogP contribution >= 0.6 is 11.6 Å². The number of fused-ring (bicyclic) bond motifs is 2. The number of halogens is 3. The number of carbonyl (C=O) groups is 1. The number of nitrogens with zero attached hydrogens (tertiary/aromatic N) is 2. The second-order valence-corrected chi connectivity index (χ2v) is 8.78. The molecule has 0 bridgehead atoms. The lowest BCUT2D eigenvalue weighted by Gasteiger charge is -2.30. The lowest BCUT2D eigenvalue weighted by Crippen LogP contribution is -2.40. The number of H-pyrrole nitrogens is 1. The molecule has 1 saturated heterocycles. The summed E-state index contributed by atoms with van der Waals surface area (Å²) in [6.07, 6.45) is 3.35. The Hall–Kier alpha value is -2.67. The summed E-state index contributed by atoms with van der Waals surface area (Å²) < 4.78 is 31.3. The van der Waals surface area contributed by atoms with Gasteiger partial charge in [-0.2, -0.15) is 0 Å². The first kappa shape index (κ1) is 19.3. The summed E-state index contributed by atoms with van der Waals surface area (Å²) in [7, 11) is 1.63. The standard InChI is InChI=1S/C22H20ClF2N3O2/c1-12-10-27(2)20(30)17-15(9-26-18(12)17)19(29)28-7-6-21(16(11-28)22(21,24)25)13-4-3-5-14(23)8-13/h3-5,8-10,16,26H,6-7,11H2,1-2H3. The number of aryl methyl sites for hydroxylation is 2. The van der Waals surface area contributed by atoms with Gasteiger partial charge in [-0.1, -0.05) is 23.7 Å². The third-order valence-corrected chi connectivity index (χ3v) is 7.01. The van der Waals surface area contributed by atoms with Gasteiger partial charge in [-0.15, -0.1) is 0 Å². The average Bonchev–Trinajstić information content (AvgIpc) is 3.02. The van der Waals surface area contributed by atoms with Crippen LogP contribution in [0.4, 0.5) is 8.78 Å². The third kappa shape index (κ3) is 2.38. The molecule has 1 aliphatic carbocycles. The number of hydrogen-bond donors (Lipinski definition) is 1. The Labute approximate surface area is 176 Å². The van der Waals surface area contributed by atoms with Gasteiger partial charge in [-0.3, -0.25) is 9.59 Å². The Morgan fingerprint density at radius 1 is 1.33 bits per heavy atom. The van der Waals surface area contributed by atoms with Crippen LogP contribution < -0.4 is 5.56 Å². The highest BCUT2D eigenvalue weighted by Crippen LogP contribution is 2.70. The molecule has 156 valence electrons. The third-order valence-electron chi connectivity index (χ3n) is 6.78. The van der Waals surface area contributed by atoms with Gasteiger partial charge in [0.05, 0.1) is 27.8 Å². The Balaban J connectivity index is 1.49. The second kappa shape index (κ2) is 6.17. The molecule has 2 unspecified atom stereocenters. The zero-order valence-electron chi connectivity index (χ0n) is 16.5. The fourth-order valence-corrected chi connectivity index (χ4v) is 5.33. The van der Waals surface area contributed by atoms with Crippen molar-refractivity contribution in [2.75, 3.05) is 13.1 Å². The van der Waals surface area contributed by atoms with Crippen molar-refractivity contribution in [1.29, 1.82) is 0 Å². The molecule has 1 N–H and O–H groups in total. The largest absolute Gasteiger partial charge is 0.360 e. The van der Waals surface area contributed by atoms with E-state index >= 15 is 0 Å². The van der Waals surface area contributed by atoms with Gasteiger partial charge in [0.25, 0.3) is 17.4 Å². The Morgan fingerprint density at radius 3 is 2.80 bits per heavy atom. The molecular formula is C22H20ClF2N3O2. The second-order valence-electron chi connectivity index (χ2n) is 8.34. The van der Waals surface area contributed by atoms with Crippen molar-refractivity contribution in [3.05, 3.63) is 68.7 Å². The molecule has 30 heavy (non-hydrogen) atoms. The van der Waals surface area contributed by atoms with Crippen LogP contribution in [0.5, 0.6) is 0 Å². The molecule has 1 saturated carbocycles. The smallest absolute Gasteiger partial charge is 0.263 e. The van der Waals surface area contributed by atoms with E-state index < -0.39 is 23.2 Å². The van der Waals surface area contributed by atoms with Crippen molar-refractivity contribution in [3.63, 3.8) is 0 Å². The number of aromatic nitrogens is 2. The van der Waals surface area contributed by atoms with E-state index in [1.54, 1.807) is 37.5 Å². The number of pyridine rings is 1. The molecule has 2 fully saturated rings. The maximum absolute atomic E-state index is 14.9. The highest BCUT2D eigenvalue weighted by molar-refractivity contribution is 6.30. The highest BCUT2D eigenvalue weighted by atomic mass is 35.5. The van der Waals surface area contributed by atoms with E-state index in [-0.39, 0.29) is 30.6 Å². The normalized spacial score (nSPS) is 24.7. The minimum atomic E-state index is -2.90. The zero-order chi connectivity index (χ0) is 21.4. The fourth-order valence-electron chi connectivity index (χ4n) is 5.14. The monoisotopic (exact) mass is 431 g/mol. The molecule has 0 spiro atoms. The molecular weight excluding hydrogens is 412 g/mol. The number of alkyl halides is 2. The number of piperidine rings is 1. The van der Waals surface area contributed by atoms with E-state index in [2.05, 4.69) is 4.98 Å². The van der Waals surface area contributed by atoms with Crippen LogP contribution in [0.15, 0.2) is 41.5 Å². The van der Waals surface area contributed by atoms with Crippen molar-refractivity contribution in [3.8, 4) is 0 Å². The first-order valence-corrected chi connectivity index (χ1v) is 10.2. The Kier molecular flexibility index (Phi) is 3.97. The Morgan fingerprint density at radius 2 is 2.10 bits per heavy atom. The van der Waals surface area contributed by atoms with E-state index in [0.717, 1.165) is 5.56 Å². The lowest BCUT2D eigenvalue weighted by atomic mass is 9.86. The fraction of sp³-hybridized carbons (Fsp3) is 0.364.